The highest BCUT2D eigenvalue weighted by molar-refractivity contribution is 5.82. The van der Waals surface area contributed by atoms with Gasteiger partial charge < -0.3 is 14.5 Å². The molecule has 1 rings (SSSR count). The van der Waals surface area contributed by atoms with E-state index in [9.17, 15) is 4.79 Å². The van der Waals surface area contributed by atoms with E-state index >= 15 is 0 Å². The topological polar surface area (TPSA) is 56.6 Å². The van der Waals surface area contributed by atoms with Crippen LogP contribution in [-0.4, -0.2) is 49.6 Å². The van der Waals surface area contributed by atoms with Gasteiger partial charge in [0.25, 0.3) is 0 Å². The van der Waals surface area contributed by atoms with Crippen molar-refractivity contribution < 1.29 is 9.53 Å². The van der Waals surface area contributed by atoms with Crippen molar-refractivity contribution in [3.8, 4) is 6.07 Å². The van der Waals surface area contributed by atoms with E-state index in [4.69, 9.17) is 10.00 Å². The molecule has 1 aliphatic rings. The minimum Gasteiger partial charge on any atom is -0.463 e. The van der Waals surface area contributed by atoms with Crippen LogP contribution in [0.15, 0.2) is 23.5 Å². The zero-order valence-corrected chi connectivity index (χ0v) is 10.4. The molecule has 0 N–H and O–H groups in total. The first-order valence-corrected chi connectivity index (χ1v) is 5.51. The summed E-state index contributed by atoms with van der Waals surface area (Å²) in [6.07, 6.45) is 2.79. The molecule has 0 radical (unpaired) electrons. The molecule has 17 heavy (non-hydrogen) atoms. The second-order valence-corrected chi connectivity index (χ2v) is 3.78. The van der Waals surface area contributed by atoms with Crippen molar-refractivity contribution in [2.45, 2.75) is 6.92 Å². The highest BCUT2D eigenvalue weighted by atomic mass is 16.5. The molecule has 1 saturated heterocycles. The lowest BCUT2D eigenvalue weighted by Crippen LogP contribution is -2.18. The van der Waals surface area contributed by atoms with E-state index in [1.165, 1.54) is 12.2 Å². The van der Waals surface area contributed by atoms with Gasteiger partial charge in [0.1, 0.15) is 11.9 Å². The Morgan fingerprint density at radius 2 is 2.00 bits per heavy atom. The summed E-state index contributed by atoms with van der Waals surface area (Å²) in [7, 11) is 3.85. The molecule has 0 unspecified atom stereocenters. The number of rotatable bonds is 3. The standard InChI is InChI=1S/C12H17N3O2/c1-4-17-11(16)6-5-10(9-13)12-14(2)7-8-15(12)3/h5-6H,4,7-8H2,1-3H3/b6-5+. The van der Waals surface area contributed by atoms with Crippen molar-refractivity contribution in [1.82, 2.24) is 9.80 Å². The summed E-state index contributed by atoms with van der Waals surface area (Å²) < 4.78 is 4.77. The molecular formula is C12H17N3O2. The summed E-state index contributed by atoms with van der Waals surface area (Å²) in [6.45, 7) is 3.84. The molecule has 0 aromatic rings. The number of nitriles is 1. The number of esters is 1. The van der Waals surface area contributed by atoms with Crippen molar-refractivity contribution in [3.63, 3.8) is 0 Å². The Labute approximate surface area is 102 Å². The van der Waals surface area contributed by atoms with Crippen LogP contribution in [0.3, 0.4) is 0 Å². The van der Waals surface area contributed by atoms with Crippen LogP contribution in [0.2, 0.25) is 0 Å². The third-order valence-corrected chi connectivity index (χ3v) is 2.53. The number of carbonyl (C=O) groups excluding carboxylic acids is 1. The minimum atomic E-state index is -0.427. The van der Waals surface area contributed by atoms with Crippen LogP contribution in [0.25, 0.3) is 0 Å². The monoisotopic (exact) mass is 235 g/mol. The Bertz CT molecular complexity index is 381. The molecule has 0 aromatic carbocycles. The van der Waals surface area contributed by atoms with E-state index in [1.54, 1.807) is 6.92 Å². The van der Waals surface area contributed by atoms with Gasteiger partial charge in [-0.15, -0.1) is 0 Å². The van der Waals surface area contributed by atoms with Gasteiger partial charge in [-0.25, -0.2) is 4.79 Å². The van der Waals surface area contributed by atoms with Gasteiger partial charge in [0.2, 0.25) is 0 Å². The number of carbonyl (C=O) groups is 1. The molecule has 1 fully saturated rings. The first kappa shape index (κ1) is 13.1. The van der Waals surface area contributed by atoms with Crippen LogP contribution in [0, 0.1) is 11.3 Å². The van der Waals surface area contributed by atoms with E-state index in [0.29, 0.717) is 12.2 Å². The van der Waals surface area contributed by atoms with E-state index in [0.717, 1.165) is 18.9 Å². The van der Waals surface area contributed by atoms with E-state index < -0.39 is 5.97 Å². The number of allylic oxidation sites excluding steroid dienone is 2. The predicted molar refractivity (Wildman–Crippen MR) is 63.7 cm³/mol. The lowest BCUT2D eigenvalue weighted by Gasteiger charge is -2.18. The smallest absolute Gasteiger partial charge is 0.330 e. The molecule has 0 aliphatic carbocycles. The highest BCUT2D eigenvalue weighted by Crippen LogP contribution is 2.18. The number of likely N-dealkylation sites (N-methyl/N-ethyl adjacent to an activating group) is 2. The summed E-state index contributed by atoms with van der Waals surface area (Å²) in [4.78, 5) is 15.2. The molecule has 0 amide bonds. The molecule has 5 nitrogen and oxygen atoms in total. The maximum atomic E-state index is 11.2. The van der Waals surface area contributed by atoms with Crippen molar-refractivity contribution in [2.75, 3.05) is 33.8 Å². The number of ether oxygens (including phenoxy) is 1. The Balaban J connectivity index is 2.88. The van der Waals surface area contributed by atoms with E-state index in [2.05, 4.69) is 6.07 Å². The Morgan fingerprint density at radius 1 is 1.41 bits per heavy atom. The zero-order chi connectivity index (χ0) is 12.8. The molecule has 0 spiro atoms. The Hall–Kier alpha value is -1.96. The van der Waals surface area contributed by atoms with Crippen molar-refractivity contribution in [2.24, 2.45) is 0 Å². The number of hydrogen-bond donors (Lipinski definition) is 0. The van der Waals surface area contributed by atoms with E-state index in [1.807, 2.05) is 23.9 Å². The maximum Gasteiger partial charge on any atom is 0.330 e. The second-order valence-electron chi connectivity index (χ2n) is 3.78. The molecule has 5 heteroatoms. The molecule has 0 bridgehead atoms. The average molecular weight is 235 g/mol. The maximum absolute atomic E-state index is 11.2. The first-order chi connectivity index (χ1) is 8.10. The van der Waals surface area contributed by atoms with Crippen LogP contribution in [-0.2, 0) is 9.53 Å². The zero-order valence-electron chi connectivity index (χ0n) is 10.4. The Morgan fingerprint density at radius 3 is 2.47 bits per heavy atom. The van der Waals surface area contributed by atoms with Gasteiger partial charge >= 0.3 is 5.97 Å². The molecule has 1 heterocycles. The van der Waals surface area contributed by atoms with Gasteiger partial charge in [-0.2, -0.15) is 5.26 Å². The molecule has 1 aliphatic heterocycles. The first-order valence-electron chi connectivity index (χ1n) is 5.51. The third kappa shape index (κ3) is 3.25. The quantitative estimate of drug-likeness (QED) is 0.410. The number of nitrogens with zero attached hydrogens (tertiary/aromatic N) is 3. The summed E-state index contributed by atoms with van der Waals surface area (Å²) in [5.41, 5.74) is 0.473. The van der Waals surface area contributed by atoms with Crippen LogP contribution >= 0.6 is 0 Å². The molecule has 0 saturated carbocycles. The van der Waals surface area contributed by atoms with Crippen LogP contribution in [0.1, 0.15) is 6.92 Å². The van der Waals surface area contributed by atoms with Gasteiger partial charge in [0.05, 0.1) is 12.2 Å². The normalized spacial score (nSPS) is 15.3. The van der Waals surface area contributed by atoms with Crippen molar-refractivity contribution in [1.29, 1.82) is 5.26 Å². The van der Waals surface area contributed by atoms with Gasteiger partial charge in [-0.1, -0.05) is 0 Å². The van der Waals surface area contributed by atoms with Crippen molar-refractivity contribution >= 4 is 5.97 Å². The lowest BCUT2D eigenvalue weighted by molar-refractivity contribution is -0.137. The second kappa shape index (κ2) is 5.94. The minimum absolute atomic E-state index is 0.335. The molecule has 0 atom stereocenters. The summed E-state index contributed by atoms with van der Waals surface area (Å²) in [5.74, 6) is 0.414. The van der Waals surface area contributed by atoms with Gasteiger partial charge in [0.15, 0.2) is 0 Å². The lowest BCUT2D eigenvalue weighted by atomic mass is 10.2. The largest absolute Gasteiger partial charge is 0.463 e. The van der Waals surface area contributed by atoms with Crippen molar-refractivity contribution in [3.05, 3.63) is 23.5 Å². The fraction of sp³-hybridized carbons (Fsp3) is 0.500. The summed E-state index contributed by atoms with van der Waals surface area (Å²) in [6, 6.07) is 2.10. The van der Waals surface area contributed by atoms with Gasteiger partial charge in [-0.05, 0) is 13.0 Å². The third-order valence-electron chi connectivity index (χ3n) is 2.53. The van der Waals surface area contributed by atoms with Crippen LogP contribution in [0.5, 0.6) is 0 Å². The fourth-order valence-electron chi connectivity index (χ4n) is 1.72. The fourth-order valence-corrected chi connectivity index (χ4v) is 1.72. The van der Waals surface area contributed by atoms with Crippen LogP contribution in [0.4, 0.5) is 0 Å². The Kier molecular flexibility index (Phi) is 4.58. The molecular weight excluding hydrogens is 218 g/mol. The average Bonchev–Trinajstić information content (AvgIpc) is 2.62. The van der Waals surface area contributed by atoms with Gasteiger partial charge in [0, 0.05) is 33.3 Å². The summed E-state index contributed by atoms with van der Waals surface area (Å²) >= 11 is 0. The van der Waals surface area contributed by atoms with E-state index in [-0.39, 0.29) is 0 Å². The number of hydrogen-bond acceptors (Lipinski definition) is 5. The van der Waals surface area contributed by atoms with Gasteiger partial charge in [-0.3, -0.25) is 0 Å². The van der Waals surface area contributed by atoms with Crippen LogP contribution < -0.4 is 0 Å². The molecule has 92 valence electrons. The predicted octanol–water partition coefficient (Wildman–Crippen LogP) is 0.718. The highest BCUT2D eigenvalue weighted by Gasteiger charge is 2.21. The summed E-state index contributed by atoms with van der Waals surface area (Å²) in [5, 5.41) is 9.10. The molecule has 0 aromatic heterocycles. The SMILES string of the molecule is CCOC(=O)/C=C/C(C#N)=C1N(C)CCN1C.